The van der Waals surface area contributed by atoms with E-state index in [4.69, 9.17) is 11.5 Å². The van der Waals surface area contributed by atoms with Gasteiger partial charge in [0.05, 0.1) is 0 Å². The first kappa shape index (κ1) is 32.2. The Hall–Kier alpha value is -4.33. The van der Waals surface area contributed by atoms with Gasteiger partial charge in [0.2, 0.25) is 17.3 Å². The third kappa shape index (κ3) is 5.33. The summed E-state index contributed by atoms with van der Waals surface area (Å²) in [5.74, 6) is -33.3. The fourth-order valence-electron chi connectivity index (χ4n) is 3.22. The van der Waals surface area contributed by atoms with Crippen LogP contribution in [0.3, 0.4) is 0 Å². The minimum absolute atomic E-state index is 0.746. The Balaban J connectivity index is 2.37. The molecule has 230 valence electrons. The zero-order valence-electron chi connectivity index (χ0n) is 19.0. The van der Waals surface area contributed by atoms with Crippen LogP contribution in [-0.2, 0) is 18.5 Å². The molecule has 0 saturated heterocycles. The van der Waals surface area contributed by atoms with Gasteiger partial charge < -0.3 is 20.9 Å². The Labute approximate surface area is 218 Å². The van der Waals surface area contributed by atoms with E-state index in [0.29, 0.717) is 0 Å². The molecule has 3 aromatic rings. The summed E-state index contributed by atoms with van der Waals surface area (Å²) in [6, 6.07) is -0.746. The van der Waals surface area contributed by atoms with Crippen LogP contribution in [-0.4, -0.2) is 0 Å². The van der Waals surface area contributed by atoms with Crippen molar-refractivity contribution in [3.63, 3.8) is 0 Å². The largest absolute Gasteiger partial charge is 0.448 e. The van der Waals surface area contributed by atoms with E-state index in [1.54, 1.807) is 0 Å². The Kier molecular flexibility index (Phi) is 7.81. The number of rotatable bonds is 4. The topological polar surface area (TPSA) is 70.5 Å². The van der Waals surface area contributed by atoms with Gasteiger partial charge in [-0.25, -0.2) is 30.7 Å². The lowest BCUT2D eigenvalue weighted by Crippen LogP contribution is -2.18. The number of nitrogen functional groups attached to an aromatic ring is 2. The number of ether oxygens (including phenoxy) is 2. The molecular weight excluding hydrogens is 635 g/mol. The van der Waals surface area contributed by atoms with Crippen molar-refractivity contribution in [2.45, 2.75) is 18.5 Å². The molecule has 0 atom stereocenters. The summed E-state index contributed by atoms with van der Waals surface area (Å²) in [5.41, 5.74) is -4.02. The molecule has 0 aliphatic heterocycles. The summed E-state index contributed by atoms with van der Waals surface area (Å²) < 4.78 is 241. The predicted octanol–water partition coefficient (Wildman–Crippen LogP) is 8.60. The van der Waals surface area contributed by atoms with Gasteiger partial charge in [-0.15, -0.1) is 0 Å². The van der Waals surface area contributed by atoms with Gasteiger partial charge in [-0.05, 0) is 0 Å². The van der Waals surface area contributed by atoms with E-state index in [2.05, 4.69) is 9.47 Å². The second-order valence-corrected chi connectivity index (χ2v) is 7.69. The maximum atomic E-state index is 15.1. The van der Waals surface area contributed by atoms with E-state index in [-0.39, 0.29) is 0 Å². The summed E-state index contributed by atoms with van der Waals surface area (Å²) >= 11 is 0. The van der Waals surface area contributed by atoms with Gasteiger partial charge in [-0.1, -0.05) is 0 Å². The van der Waals surface area contributed by atoms with Gasteiger partial charge in [0.1, 0.15) is 33.9 Å². The van der Waals surface area contributed by atoms with Gasteiger partial charge in [-0.2, -0.15) is 43.9 Å². The average molecular weight is 640 g/mol. The second kappa shape index (κ2) is 10.2. The van der Waals surface area contributed by atoms with E-state index in [1.165, 1.54) is 0 Å². The van der Waals surface area contributed by atoms with Crippen LogP contribution in [0.4, 0.5) is 86.0 Å². The minimum atomic E-state index is -6.16. The highest BCUT2D eigenvalue weighted by Gasteiger charge is 2.46. The quantitative estimate of drug-likeness (QED) is 0.222. The molecule has 0 unspecified atom stereocenters. The van der Waals surface area contributed by atoms with Gasteiger partial charge >= 0.3 is 18.5 Å². The lowest BCUT2D eigenvalue weighted by atomic mass is 10.1. The molecule has 0 aliphatic carbocycles. The summed E-state index contributed by atoms with van der Waals surface area (Å²) in [6.45, 7) is 0. The number of hydrogen-bond donors (Lipinski definition) is 2. The van der Waals surface area contributed by atoms with Crippen LogP contribution in [0.1, 0.15) is 16.7 Å². The second-order valence-electron chi connectivity index (χ2n) is 7.69. The van der Waals surface area contributed by atoms with E-state index in [1.807, 2.05) is 0 Å². The first-order valence-corrected chi connectivity index (χ1v) is 9.93. The van der Waals surface area contributed by atoms with Crippen LogP contribution < -0.4 is 20.9 Å². The predicted molar refractivity (Wildman–Crippen MR) is 103 cm³/mol. The first-order valence-electron chi connectivity index (χ1n) is 9.93. The van der Waals surface area contributed by atoms with Crippen LogP contribution in [0, 0.1) is 46.5 Å². The molecule has 4 N–H and O–H groups in total. The Morgan fingerprint density at radius 2 is 0.786 bits per heavy atom. The summed E-state index contributed by atoms with van der Waals surface area (Å²) in [5, 5.41) is 0. The van der Waals surface area contributed by atoms with E-state index < -0.39 is 122 Å². The minimum Gasteiger partial charge on any atom is -0.448 e. The lowest BCUT2D eigenvalue weighted by molar-refractivity contribution is -0.143. The standard InChI is InChI=1S/C21H5F17N2O2/c22-2-1-3(41-17-10(26)5(20(33,34)35)8(24)14(39)12(17)28)7(23)16(4(2)19(30,31)32)42-18-11(27)6(21(36,37)38)9(25)15(40)13(18)29/h1H,39-40H2. The van der Waals surface area contributed by atoms with Crippen LogP contribution in [0.15, 0.2) is 6.07 Å². The third-order valence-electron chi connectivity index (χ3n) is 5.03. The van der Waals surface area contributed by atoms with Crippen molar-refractivity contribution in [1.29, 1.82) is 0 Å². The maximum absolute atomic E-state index is 15.1. The van der Waals surface area contributed by atoms with Crippen molar-refractivity contribution in [1.82, 2.24) is 0 Å². The Morgan fingerprint density at radius 3 is 1.14 bits per heavy atom. The van der Waals surface area contributed by atoms with Gasteiger partial charge in [0, 0.05) is 6.07 Å². The fraction of sp³-hybridized carbons (Fsp3) is 0.143. The Bertz CT molecular complexity index is 1590. The highest BCUT2D eigenvalue weighted by molar-refractivity contribution is 5.57. The SMILES string of the molecule is Nc1c(F)c(Oc2cc(F)c(C(F)(F)F)c(Oc3c(F)c(N)c(F)c(C(F)(F)F)c3F)c2F)c(F)c(C(F)(F)F)c1F. The molecule has 3 rings (SSSR count). The molecule has 42 heavy (non-hydrogen) atoms. The third-order valence-corrected chi connectivity index (χ3v) is 5.03. The van der Waals surface area contributed by atoms with Gasteiger partial charge in [0.25, 0.3) is 0 Å². The van der Waals surface area contributed by atoms with Crippen molar-refractivity contribution in [2.24, 2.45) is 0 Å². The molecule has 21 heteroatoms. The fourth-order valence-corrected chi connectivity index (χ4v) is 3.22. The number of benzene rings is 3. The molecule has 0 amide bonds. The normalized spacial score (nSPS) is 12.6. The smallest absolute Gasteiger partial charge is 0.422 e. The van der Waals surface area contributed by atoms with Crippen LogP contribution in [0.25, 0.3) is 0 Å². The molecule has 0 fully saturated rings. The number of hydrogen-bond acceptors (Lipinski definition) is 4. The van der Waals surface area contributed by atoms with Crippen LogP contribution >= 0.6 is 0 Å². The molecule has 4 nitrogen and oxygen atoms in total. The van der Waals surface area contributed by atoms with E-state index >= 15 is 4.39 Å². The molecule has 0 heterocycles. The zero-order valence-corrected chi connectivity index (χ0v) is 19.0. The highest BCUT2D eigenvalue weighted by atomic mass is 19.4. The lowest BCUT2D eigenvalue weighted by Gasteiger charge is -2.21. The first-order chi connectivity index (χ1) is 18.9. The van der Waals surface area contributed by atoms with Crippen molar-refractivity contribution in [3.05, 3.63) is 69.3 Å². The van der Waals surface area contributed by atoms with Crippen molar-refractivity contribution in [2.75, 3.05) is 11.5 Å². The van der Waals surface area contributed by atoms with Crippen molar-refractivity contribution >= 4 is 11.4 Å². The number of nitrogens with two attached hydrogens (primary N) is 2. The highest BCUT2D eigenvalue weighted by Crippen LogP contribution is 2.49. The van der Waals surface area contributed by atoms with Crippen LogP contribution in [0.2, 0.25) is 0 Å². The van der Waals surface area contributed by atoms with E-state index in [0.717, 1.165) is 0 Å². The summed E-state index contributed by atoms with van der Waals surface area (Å²) in [7, 11) is 0. The number of alkyl halides is 9. The molecule has 3 aromatic carbocycles. The zero-order chi connectivity index (χ0) is 32.4. The molecule has 0 spiro atoms. The molecule has 0 aromatic heterocycles. The Morgan fingerprint density at radius 1 is 0.429 bits per heavy atom. The molecule has 0 radical (unpaired) electrons. The summed E-state index contributed by atoms with van der Waals surface area (Å²) in [4.78, 5) is 0. The average Bonchev–Trinajstić information content (AvgIpc) is 2.81. The van der Waals surface area contributed by atoms with Crippen LogP contribution in [0.5, 0.6) is 23.0 Å². The summed E-state index contributed by atoms with van der Waals surface area (Å²) in [6.07, 6.45) is -18.3. The molecule has 0 aliphatic rings. The maximum Gasteiger partial charge on any atom is 0.422 e. The number of anilines is 2. The molecular formula is C21H5F17N2O2. The molecule has 0 saturated carbocycles. The monoisotopic (exact) mass is 640 g/mol. The van der Waals surface area contributed by atoms with Gasteiger partial charge in [-0.3, -0.25) is 0 Å². The van der Waals surface area contributed by atoms with E-state index in [9.17, 15) is 70.2 Å². The molecule has 0 bridgehead atoms. The van der Waals surface area contributed by atoms with Crippen molar-refractivity contribution < 1.29 is 84.1 Å². The van der Waals surface area contributed by atoms with Gasteiger partial charge in [0.15, 0.2) is 46.4 Å². The van der Waals surface area contributed by atoms with Crippen molar-refractivity contribution in [3.8, 4) is 23.0 Å². The number of halogens is 17.